The summed E-state index contributed by atoms with van der Waals surface area (Å²) < 4.78 is 36.7. The van der Waals surface area contributed by atoms with Gasteiger partial charge in [0.15, 0.2) is 11.5 Å². The van der Waals surface area contributed by atoms with Crippen molar-refractivity contribution in [1.29, 1.82) is 0 Å². The molecule has 8 nitrogen and oxygen atoms in total. The number of methoxy groups -OCH3 is 3. The molecular formula is C21H18FN3O5. The summed E-state index contributed by atoms with van der Waals surface area (Å²) in [6, 6.07) is 7.38. The Kier molecular flexibility index (Phi) is 4.86. The lowest BCUT2D eigenvalue weighted by Crippen LogP contribution is -2.10. The lowest BCUT2D eigenvalue weighted by molar-refractivity contribution is 0.324. The second-order valence-corrected chi connectivity index (χ2v) is 6.48. The predicted molar refractivity (Wildman–Crippen MR) is 108 cm³/mol. The molecule has 154 valence electrons. The average Bonchev–Trinajstić information content (AvgIpc) is 3.25. The van der Waals surface area contributed by atoms with E-state index in [1.54, 1.807) is 36.0 Å². The number of ether oxygens (including phenoxy) is 3. The summed E-state index contributed by atoms with van der Waals surface area (Å²) in [6.07, 6.45) is 1.58. The largest absolute Gasteiger partial charge is 0.493 e. The molecule has 0 N–H and O–H groups in total. The van der Waals surface area contributed by atoms with Crippen LogP contribution in [-0.4, -0.2) is 36.0 Å². The van der Waals surface area contributed by atoms with Gasteiger partial charge in [0.05, 0.1) is 26.8 Å². The molecule has 2 aromatic carbocycles. The van der Waals surface area contributed by atoms with Gasteiger partial charge < -0.3 is 23.3 Å². The van der Waals surface area contributed by atoms with Crippen LogP contribution in [-0.2, 0) is 7.05 Å². The maximum absolute atomic E-state index is 13.7. The van der Waals surface area contributed by atoms with Gasteiger partial charge in [-0.25, -0.2) is 4.39 Å². The Morgan fingerprint density at radius 3 is 2.37 bits per heavy atom. The van der Waals surface area contributed by atoms with Crippen molar-refractivity contribution in [1.82, 2.24) is 14.7 Å². The summed E-state index contributed by atoms with van der Waals surface area (Å²) in [4.78, 5) is 17.3. The third kappa shape index (κ3) is 3.14. The zero-order valence-electron chi connectivity index (χ0n) is 16.7. The number of hydrogen-bond donors (Lipinski definition) is 0. The first kappa shape index (κ1) is 19.4. The van der Waals surface area contributed by atoms with Gasteiger partial charge in [-0.3, -0.25) is 4.79 Å². The van der Waals surface area contributed by atoms with Gasteiger partial charge in [0.25, 0.3) is 5.89 Å². The minimum Gasteiger partial charge on any atom is -0.493 e. The summed E-state index contributed by atoms with van der Waals surface area (Å²) in [7, 11) is 6.26. The van der Waals surface area contributed by atoms with Crippen LogP contribution in [0.3, 0.4) is 0 Å². The standard InChI is InChI=1S/C21H18FN3O5/c1-25-10-14(18(26)13-9-12(22)5-6-15(13)25)21-23-20(24-30-21)11-7-16(27-2)19(29-4)17(8-11)28-3/h5-10H,1-4H3. The van der Waals surface area contributed by atoms with E-state index in [0.29, 0.717) is 28.3 Å². The minimum atomic E-state index is -0.500. The maximum atomic E-state index is 13.7. The van der Waals surface area contributed by atoms with E-state index >= 15 is 0 Å². The van der Waals surface area contributed by atoms with E-state index in [1.165, 1.54) is 33.5 Å². The SMILES string of the molecule is COc1cc(-c2noc(-c3cn(C)c4ccc(F)cc4c3=O)n2)cc(OC)c1OC. The van der Waals surface area contributed by atoms with Gasteiger partial charge in [-0.1, -0.05) is 5.16 Å². The van der Waals surface area contributed by atoms with Crippen molar-refractivity contribution in [2.45, 2.75) is 0 Å². The molecule has 4 rings (SSSR count). The van der Waals surface area contributed by atoms with Crippen LogP contribution in [0, 0.1) is 5.82 Å². The summed E-state index contributed by atoms with van der Waals surface area (Å²) in [5, 5.41) is 4.20. The minimum absolute atomic E-state index is 0.0190. The highest BCUT2D eigenvalue weighted by molar-refractivity contribution is 5.83. The monoisotopic (exact) mass is 411 g/mol. The summed E-state index contributed by atoms with van der Waals surface area (Å²) in [5.41, 5.74) is 0.905. The number of hydrogen-bond acceptors (Lipinski definition) is 7. The summed E-state index contributed by atoms with van der Waals surface area (Å²) >= 11 is 0. The van der Waals surface area contributed by atoms with Crippen molar-refractivity contribution in [3.63, 3.8) is 0 Å². The fourth-order valence-corrected chi connectivity index (χ4v) is 3.28. The molecule has 0 aliphatic rings. The Morgan fingerprint density at radius 2 is 1.73 bits per heavy atom. The van der Waals surface area contributed by atoms with Crippen molar-refractivity contribution < 1.29 is 23.1 Å². The van der Waals surface area contributed by atoms with Crippen LogP contribution in [0.1, 0.15) is 0 Å². The highest BCUT2D eigenvalue weighted by Gasteiger charge is 2.20. The normalized spacial score (nSPS) is 11.0. The lowest BCUT2D eigenvalue weighted by atomic mass is 10.1. The first-order valence-electron chi connectivity index (χ1n) is 8.90. The van der Waals surface area contributed by atoms with Gasteiger partial charge in [0.1, 0.15) is 11.4 Å². The Bertz CT molecular complexity index is 1290. The van der Waals surface area contributed by atoms with Crippen LogP contribution in [0.4, 0.5) is 4.39 Å². The molecule has 0 radical (unpaired) electrons. The van der Waals surface area contributed by atoms with E-state index in [9.17, 15) is 9.18 Å². The smallest absolute Gasteiger partial charge is 0.263 e. The number of aromatic nitrogens is 3. The molecule has 2 aromatic heterocycles. The van der Waals surface area contributed by atoms with Crippen LogP contribution < -0.4 is 19.6 Å². The molecule has 0 saturated carbocycles. The molecule has 0 saturated heterocycles. The zero-order valence-corrected chi connectivity index (χ0v) is 16.7. The molecule has 0 spiro atoms. The van der Waals surface area contributed by atoms with Gasteiger partial charge >= 0.3 is 0 Å². The van der Waals surface area contributed by atoms with Gasteiger partial charge in [0, 0.05) is 24.2 Å². The Hall–Kier alpha value is -3.88. The molecule has 0 bridgehead atoms. The molecule has 9 heteroatoms. The van der Waals surface area contributed by atoms with E-state index in [4.69, 9.17) is 18.7 Å². The number of aryl methyl sites for hydroxylation is 1. The van der Waals surface area contributed by atoms with Gasteiger partial charge in [-0.2, -0.15) is 4.98 Å². The Balaban J connectivity index is 1.85. The fourth-order valence-electron chi connectivity index (χ4n) is 3.28. The van der Waals surface area contributed by atoms with E-state index in [0.717, 1.165) is 0 Å². The van der Waals surface area contributed by atoms with Gasteiger partial charge in [-0.05, 0) is 30.3 Å². The Morgan fingerprint density at radius 1 is 1.03 bits per heavy atom. The first-order valence-corrected chi connectivity index (χ1v) is 8.90. The molecule has 0 aliphatic heterocycles. The molecule has 0 aliphatic carbocycles. The highest BCUT2D eigenvalue weighted by Crippen LogP contribution is 2.40. The maximum Gasteiger partial charge on any atom is 0.263 e. The van der Waals surface area contributed by atoms with Gasteiger partial charge in [-0.15, -0.1) is 0 Å². The molecule has 0 fully saturated rings. The number of fused-ring (bicyclic) bond motifs is 1. The average molecular weight is 411 g/mol. The van der Waals surface area contributed by atoms with E-state index in [2.05, 4.69) is 10.1 Å². The van der Waals surface area contributed by atoms with Crippen molar-refractivity contribution in [3.8, 4) is 40.1 Å². The quantitative estimate of drug-likeness (QED) is 0.497. The third-order valence-electron chi connectivity index (χ3n) is 4.73. The molecule has 0 amide bonds. The fraction of sp³-hybridized carbons (Fsp3) is 0.190. The number of halogens is 1. The molecule has 0 unspecified atom stereocenters. The van der Waals surface area contributed by atoms with E-state index in [1.807, 2.05) is 0 Å². The van der Waals surface area contributed by atoms with Crippen LogP contribution in [0.25, 0.3) is 33.7 Å². The van der Waals surface area contributed by atoms with Crippen LogP contribution in [0.2, 0.25) is 0 Å². The molecule has 2 heterocycles. The topological polar surface area (TPSA) is 88.6 Å². The third-order valence-corrected chi connectivity index (χ3v) is 4.73. The zero-order chi connectivity index (χ0) is 21.4. The lowest BCUT2D eigenvalue weighted by Gasteiger charge is -2.12. The van der Waals surface area contributed by atoms with Crippen LogP contribution in [0.15, 0.2) is 45.8 Å². The highest BCUT2D eigenvalue weighted by atomic mass is 19.1. The number of benzene rings is 2. The van der Waals surface area contributed by atoms with Crippen molar-refractivity contribution in [2.24, 2.45) is 7.05 Å². The molecule has 30 heavy (non-hydrogen) atoms. The van der Waals surface area contributed by atoms with Gasteiger partial charge in [0.2, 0.25) is 17.0 Å². The first-order chi connectivity index (χ1) is 14.5. The van der Waals surface area contributed by atoms with Crippen molar-refractivity contribution in [3.05, 3.63) is 52.6 Å². The van der Waals surface area contributed by atoms with Crippen LogP contribution in [0.5, 0.6) is 17.2 Å². The van der Waals surface area contributed by atoms with E-state index < -0.39 is 11.2 Å². The van der Waals surface area contributed by atoms with Crippen molar-refractivity contribution in [2.75, 3.05) is 21.3 Å². The van der Waals surface area contributed by atoms with Crippen molar-refractivity contribution >= 4 is 10.9 Å². The summed E-state index contributed by atoms with van der Waals surface area (Å²) in [6.45, 7) is 0. The molecule has 4 aromatic rings. The summed E-state index contributed by atoms with van der Waals surface area (Å²) in [5.74, 6) is 1.03. The number of pyridine rings is 1. The number of nitrogens with zero attached hydrogens (tertiary/aromatic N) is 3. The predicted octanol–water partition coefficient (Wildman–Crippen LogP) is 3.42. The van der Waals surface area contributed by atoms with Crippen LogP contribution >= 0.6 is 0 Å². The Labute approximate surface area is 170 Å². The second-order valence-electron chi connectivity index (χ2n) is 6.48. The molecular weight excluding hydrogens is 393 g/mol. The number of rotatable bonds is 5. The second kappa shape index (κ2) is 7.51. The molecule has 0 atom stereocenters. The van der Waals surface area contributed by atoms with E-state index in [-0.39, 0.29) is 22.7 Å².